The topological polar surface area (TPSA) is 55.3 Å². The second-order valence-corrected chi connectivity index (χ2v) is 8.19. The van der Waals surface area contributed by atoms with E-state index in [4.69, 9.17) is 4.74 Å². The summed E-state index contributed by atoms with van der Waals surface area (Å²) in [6, 6.07) is 22.4. The summed E-state index contributed by atoms with van der Waals surface area (Å²) >= 11 is 0. The summed E-state index contributed by atoms with van der Waals surface area (Å²) in [6.45, 7) is 5.17. The minimum absolute atomic E-state index is 0.0432. The number of hydrogen-bond acceptors (Lipinski definition) is 4. The van der Waals surface area contributed by atoms with Crippen LogP contribution in [0.2, 0.25) is 0 Å². The van der Waals surface area contributed by atoms with Gasteiger partial charge in [0, 0.05) is 30.6 Å². The molecule has 0 saturated carbocycles. The summed E-state index contributed by atoms with van der Waals surface area (Å²) < 4.78 is 6.13. The highest BCUT2D eigenvalue weighted by Crippen LogP contribution is 2.29. The van der Waals surface area contributed by atoms with Crippen LogP contribution in [0.4, 0.5) is 0 Å². The molecule has 31 heavy (non-hydrogen) atoms. The maximum atomic E-state index is 13.3. The Balaban J connectivity index is 1.46. The fourth-order valence-corrected chi connectivity index (χ4v) is 4.28. The van der Waals surface area contributed by atoms with Gasteiger partial charge >= 0.3 is 0 Å². The standard InChI is InChI=1S/C26H29N3O2/c1-19-16-25(28-20(2)27-19)31-23-14-9-15-29(18-23)26(30)17-24(21-10-5-3-6-11-21)22-12-7-4-8-13-22/h3-8,10-13,16,23-24H,9,14-15,17-18H2,1-2H3. The summed E-state index contributed by atoms with van der Waals surface area (Å²) in [5, 5.41) is 0. The van der Waals surface area contributed by atoms with Crippen LogP contribution in [0.3, 0.4) is 0 Å². The van der Waals surface area contributed by atoms with Crippen molar-refractivity contribution >= 4 is 5.91 Å². The molecule has 0 N–H and O–H groups in total. The van der Waals surface area contributed by atoms with Gasteiger partial charge in [-0.3, -0.25) is 4.79 Å². The minimum Gasteiger partial charge on any atom is -0.472 e. The molecular weight excluding hydrogens is 386 g/mol. The van der Waals surface area contributed by atoms with Crippen LogP contribution in [-0.4, -0.2) is 40.0 Å². The zero-order chi connectivity index (χ0) is 21.6. The predicted octanol–water partition coefficient (Wildman–Crippen LogP) is 4.69. The van der Waals surface area contributed by atoms with Gasteiger partial charge in [0.25, 0.3) is 0 Å². The van der Waals surface area contributed by atoms with Crippen LogP contribution in [0.25, 0.3) is 0 Å². The zero-order valence-electron chi connectivity index (χ0n) is 18.2. The molecule has 1 amide bonds. The van der Waals surface area contributed by atoms with Crippen molar-refractivity contribution in [3.63, 3.8) is 0 Å². The number of hydrogen-bond donors (Lipinski definition) is 0. The van der Waals surface area contributed by atoms with Gasteiger partial charge in [-0.1, -0.05) is 60.7 Å². The van der Waals surface area contributed by atoms with Gasteiger partial charge in [0.15, 0.2) is 0 Å². The molecule has 3 aromatic rings. The maximum Gasteiger partial charge on any atom is 0.223 e. The van der Waals surface area contributed by atoms with Gasteiger partial charge in [-0.25, -0.2) is 4.98 Å². The van der Waals surface area contributed by atoms with Crippen molar-refractivity contribution < 1.29 is 9.53 Å². The van der Waals surface area contributed by atoms with Gasteiger partial charge in [-0.15, -0.1) is 0 Å². The highest BCUT2D eigenvalue weighted by atomic mass is 16.5. The zero-order valence-corrected chi connectivity index (χ0v) is 18.2. The quantitative estimate of drug-likeness (QED) is 0.586. The summed E-state index contributed by atoms with van der Waals surface area (Å²) in [7, 11) is 0. The smallest absolute Gasteiger partial charge is 0.223 e. The maximum absolute atomic E-state index is 13.3. The summed E-state index contributed by atoms with van der Waals surface area (Å²) in [5.74, 6) is 1.51. The van der Waals surface area contributed by atoms with E-state index in [-0.39, 0.29) is 17.9 Å². The van der Waals surface area contributed by atoms with Gasteiger partial charge in [0.2, 0.25) is 11.8 Å². The summed E-state index contributed by atoms with van der Waals surface area (Å²) in [4.78, 5) is 24.0. The molecular formula is C26H29N3O2. The molecule has 0 radical (unpaired) electrons. The van der Waals surface area contributed by atoms with Crippen LogP contribution in [0.1, 0.15) is 47.8 Å². The number of carbonyl (C=O) groups excluding carboxylic acids is 1. The highest BCUT2D eigenvalue weighted by molar-refractivity contribution is 5.78. The first-order valence-electron chi connectivity index (χ1n) is 10.9. The van der Waals surface area contributed by atoms with Crippen LogP contribution in [0, 0.1) is 13.8 Å². The van der Waals surface area contributed by atoms with E-state index in [0.717, 1.165) is 25.1 Å². The van der Waals surface area contributed by atoms with E-state index in [9.17, 15) is 4.79 Å². The molecule has 1 aromatic heterocycles. The molecule has 5 heteroatoms. The Morgan fingerprint density at radius 2 is 1.68 bits per heavy atom. The molecule has 1 atom stereocenters. The number of aromatic nitrogens is 2. The number of aryl methyl sites for hydroxylation is 2. The molecule has 160 valence electrons. The number of ether oxygens (including phenoxy) is 1. The Morgan fingerprint density at radius 3 is 2.29 bits per heavy atom. The largest absolute Gasteiger partial charge is 0.472 e. The Kier molecular flexibility index (Phi) is 6.60. The van der Waals surface area contributed by atoms with Crippen molar-refractivity contribution in [1.29, 1.82) is 0 Å². The lowest BCUT2D eigenvalue weighted by atomic mass is 9.88. The van der Waals surface area contributed by atoms with Gasteiger partial charge in [0.05, 0.1) is 6.54 Å². The van der Waals surface area contributed by atoms with E-state index in [1.165, 1.54) is 11.1 Å². The third kappa shape index (κ3) is 5.48. The second kappa shape index (κ2) is 9.73. The minimum atomic E-state index is -0.0432. The fourth-order valence-electron chi connectivity index (χ4n) is 4.28. The molecule has 2 aromatic carbocycles. The molecule has 4 rings (SSSR count). The number of nitrogens with zero attached hydrogens (tertiary/aromatic N) is 3. The molecule has 1 saturated heterocycles. The first-order chi connectivity index (χ1) is 15.1. The van der Waals surface area contributed by atoms with Gasteiger partial charge in [-0.2, -0.15) is 4.98 Å². The van der Waals surface area contributed by atoms with Gasteiger partial charge in [-0.05, 0) is 37.8 Å². The van der Waals surface area contributed by atoms with Gasteiger partial charge in [0.1, 0.15) is 11.9 Å². The molecule has 0 aliphatic carbocycles. The molecule has 5 nitrogen and oxygen atoms in total. The Morgan fingerprint density at radius 1 is 1.03 bits per heavy atom. The van der Waals surface area contributed by atoms with Gasteiger partial charge < -0.3 is 9.64 Å². The highest BCUT2D eigenvalue weighted by Gasteiger charge is 2.28. The molecule has 0 bridgehead atoms. The Bertz CT molecular complexity index is 948. The van der Waals surface area contributed by atoms with Crippen LogP contribution >= 0.6 is 0 Å². The molecule has 0 spiro atoms. The molecule has 1 aliphatic rings. The van der Waals surface area contributed by atoms with Crippen molar-refractivity contribution in [3.05, 3.63) is 89.4 Å². The van der Waals surface area contributed by atoms with E-state index >= 15 is 0 Å². The predicted molar refractivity (Wildman–Crippen MR) is 121 cm³/mol. The van der Waals surface area contributed by atoms with Crippen LogP contribution in [-0.2, 0) is 4.79 Å². The lowest BCUT2D eigenvalue weighted by Crippen LogP contribution is -2.44. The molecule has 1 unspecified atom stereocenters. The Hall–Kier alpha value is -3.21. The number of benzene rings is 2. The first kappa shape index (κ1) is 21.0. The van der Waals surface area contributed by atoms with E-state index in [0.29, 0.717) is 24.7 Å². The number of amides is 1. The average Bonchev–Trinajstić information content (AvgIpc) is 2.78. The summed E-state index contributed by atoms with van der Waals surface area (Å²) in [5.41, 5.74) is 3.22. The first-order valence-corrected chi connectivity index (χ1v) is 10.9. The van der Waals surface area contributed by atoms with Crippen molar-refractivity contribution in [3.8, 4) is 5.88 Å². The number of piperidine rings is 1. The molecule has 2 heterocycles. The van der Waals surface area contributed by atoms with Crippen molar-refractivity contribution in [2.75, 3.05) is 13.1 Å². The van der Waals surface area contributed by atoms with Crippen LogP contribution in [0.5, 0.6) is 5.88 Å². The van der Waals surface area contributed by atoms with Crippen molar-refractivity contribution in [2.24, 2.45) is 0 Å². The van der Waals surface area contributed by atoms with E-state index in [1.807, 2.05) is 61.2 Å². The lowest BCUT2D eigenvalue weighted by molar-refractivity contribution is -0.134. The fraction of sp³-hybridized carbons (Fsp3) is 0.346. The van der Waals surface area contributed by atoms with Crippen molar-refractivity contribution in [1.82, 2.24) is 14.9 Å². The number of rotatable bonds is 6. The molecule has 1 aliphatic heterocycles. The molecule has 1 fully saturated rings. The lowest BCUT2D eigenvalue weighted by Gasteiger charge is -2.33. The SMILES string of the molecule is Cc1cc(OC2CCCN(C(=O)CC(c3ccccc3)c3ccccc3)C2)nc(C)n1. The van der Waals surface area contributed by atoms with E-state index in [2.05, 4.69) is 34.2 Å². The normalized spacial score (nSPS) is 16.4. The number of carbonyl (C=O) groups is 1. The second-order valence-electron chi connectivity index (χ2n) is 8.19. The third-order valence-corrected chi connectivity index (χ3v) is 5.74. The Labute approximate surface area is 184 Å². The number of likely N-dealkylation sites (tertiary alicyclic amines) is 1. The average molecular weight is 416 g/mol. The van der Waals surface area contributed by atoms with Crippen molar-refractivity contribution in [2.45, 2.75) is 45.1 Å². The van der Waals surface area contributed by atoms with E-state index in [1.54, 1.807) is 0 Å². The monoisotopic (exact) mass is 415 g/mol. The third-order valence-electron chi connectivity index (χ3n) is 5.74. The van der Waals surface area contributed by atoms with Crippen LogP contribution in [0.15, 0.2) is 66.7 Å². The summed E-state index contributed by atoms with van der Waals surface area (Å²) in [6.07, 6.45) is 2.26. The van der Waals surface area contributed by atoms with Crippen LogP contribution < -0.4 is 4.74 Å². The van der Waals surface area contributed by atoms with E-state index < -0.39 is 0 Å².